The summed E-state index contributed by atoms with van der Waals surface area (Å²) in [5.74, 6) is -0.137. The van der Waals surface area contributed by atoms with Gasteiger partial charge in [-0.05, 0) is 24.3 Å². The molecule has 0 atom stereocenters. The van der Waals surface area contributed by atoms with E-state index >= 15 is 0 Å². The van der Waals surface area contributed by atoms with Gasteiger partial charge in [-0.2, -0.15) is 5.26 Å². The number of Topliss-reactive ketones (excluding diaryl/α,β-unsaturated/α-hetero) is 1. The molecule has 0 aliphatic carbocycles. The lowest BCUT2D eigenvalue weighted by Gasteiger charge is -2.09. The maximum absolute atomic E-state index is 11.5. The number of nitrogens with zero attached hydrogens (tertiary/aromatic N) is 2. The van der Waals surface area contributed by atoms with Gasteiger partial charge in [0.05, 0.1) is 22.0 Å². The van der Waals surface area contributed by atoms with Crippen molar-refractivity contribution in [2.24, 2.45) is 0 Å². The van der Waals surface area contributed by atoms with Crippen molar-refractivity contribution in [2.45, 2.75) is 6.92 Å². The van der Waals surface area contributed by atoms with Crippen LogP contribution in [0.1, 0.15) is 23.0 Å². The molecule has 0 saturated heterocycles. The fraction of sp³-hybridized carbons (Fsp3) is 0.0769. The first-order chi connectivity index (χ1) is 8.52. The van der Waals surface area contributed by atoms with Crippen LogP contribution in [0.15, 0.2) is 30.5 Å². The van der Waals surface area contributed by atoms with Crippen LogP contribution in [-0.2, 0) is 0 Å². The van der Waals surface area contributed by atoms with Gasteiger partial charge in [-0.3, -0.25) is 4.79 Å². The number of benzene rings is 1. The van der Waals surface area contributed by atoms with E-state index in [1.54, 1.807) is 29.0 Å². The van der Waals surface area contributed by atoms with Crippen molar-refractivity contribution in [3.63, 3.8) is 0 Å². The van der Waals surface area contributed by atoms with Crippen LogP contribution in [0.25, 0.3) is 5.69 Å². The largest absolute Gasteiger partial charge is 0.311 e. The molecule has 0 saturated carbocycles. The van der Waals surface area contributed by atoms with Crippen molar-refractivity contribution in [2.75, 3.05) is 0 Å². The van der Waals surface area contributed by atoms with Gasteiger partial charge in [-0.25, -0.2) is 0 Å². The Bertz CT molecular complexity index is 668. The minimum absolute atomic E-state index is 0.137. The van der Waals surface area contributed by atoms with Gasteiger partial charge in [0.1, 0.15) is 6.07 Å². The molecule has 0 bridgehead atoms. The predicted octanol–water partition coefficient (Wildman–Crippen LogP) is 3.86. The lowest BCUT2D eigenvalue weighted by Crippen LogP contribution is -2.03. The Hall–Kier alpha value is -1.76. The number of aromatic nitrogens is 1. The van der Waals surface area contributed by atoms with Gasteiger partial charge in [0.15, 0.2) is 5.78 Å². The average molecular weight is 279 g/mol. The Balaban J connectivity index is 2.67. The van der Waals surface area contributed by atoms with Gasteiger partial charge in [0.2, 0.25) is 0 Å². The highest BCUT2D eigenvalue weighted by Crippen LogP contribution is 2.26. The van der Waals surface area contributed by atoms with E-state index in [0.29, 0.717) is 27.0 Å². The quantitative estimate of drug-likeness (QED) is 0.783. The van der Waals surface area contributed by atoms with Crippen LogP contribution in [0, 0.1) is 11.3 Å². The molecule has 2 rings (SSSR count). The van der Waals surface area contributed by atoms with Gasteiger partial charge in [0.25, 0.3) is 0 Å². The van der Waals surface area contributed by atoms with Crippen LogP contribution in [0.4, 0.5) is 0 Å². The summed E-state index contributed by atoms with van der Waals surface area (Å²) in [5.41, 5.74) is 1.44. The standard InChI is InChI=1S/C13H8Cl2N2O/c1-8(18)13-4-9(6-16)7-17(13)12-3-2-10(14)5-11(12)15/h2-5,7H,1H3. The van der Waals surface area contributed by atoms with E-state index in [9.17, 15) is 4.79 Å². The molecule has 1 aromatic heterocycles. The monoisotopic (exact) mass is 278 g/mol. The van der Waals surface area contributed by atoms with Crippen molar-refractivity contribution in [3.05, 3.63) is 51.8 Å². The van der Waals surface area contributed by atoms with Crippen LogP contribution in [0.5, 0.6) is 0 Å². The van der Waals surface area contributed by atoms with E-state index in [2.05, 4.69) is 0 Å². The van der Waals surface area contributed by atoms with E-state index in [0.717, 1.165) is 0 Å². The molecule has 0 spiro atoms. The van der Waals surface area contributed by atoms with Gasteiger partial charge in [0, 0.05) is 18.1 Å². The van der Waals surface area contributed by atoms with Gasteiger partial charge < -0.3 is 4.57 Å². The summed E-state index contributed by atoms with van der Waals surface area (Å²) in [6.45, 7) is 1.44. The molecule has 90 valence electrons. The Morgan fingerprint density at radius 3 is 2.61 bits per heavy atom. The highest BCUT2D eigenvalue weighted by Gasteiger charge is 2.13. The zero-order valence-corrected chi connectivity index (χ0v) is 11.0. The summed E-state index contributed by atoms with van der Waals surface area (Å²) in [6.07, 6.45) is 1.58. The Morgan fingerprint density at radius 2 is 2.06 bits per heavy atom. The number of halogens is 2. The van der Waals surface area contributed by atoms with Crippen molar-refractivity contribution < 1.29 is 4.79 Å². The molecule has 18 heavy (non-hydrogen) atoms. The fourth-order valence-corrected chi connectivity index (χ4v) is 2.17. The fourth-order valence-electron chi connectivity index (χ4n) is 1.67. The Kier molecular flexibility index (Phi) is 3.42. The third kappa shape index (κ3) is 2.26. The van der Waals surface area contributed by atoms with Crippen LogP contribution in [-0.4, -0.2) is 10.4 Å². The van der Waals surface area contributed by atoms with Crippen molar-refractivity contribution in [1.82, 2.24) is 4.57 Å². The Labute approximate surface area is 114 Å². The summed E-state index contributed by atoms with van der Waals surface area (Å²) < 4.78 is 1.60. The topological polar surface area (TPSA) is 45.8 Å². The van der Waals surface area contributed by atoms with E-state index in [-0.39, 0.29) is 5.78 Å². The normalized spacial score (nSPS) is 10.1. The molecule has 5 heteroatoms. The first kappa shape index (κ1) is 12.7. The molecule has 0 aliphatic rings. The molecular formula is C13H8Cl2N2O. The Morgan fingerprint density at radius 1 is 1.33 bits per heavy atom. The second kappa shape index (κ2) is 4.85. The van der Waals surface area contributed by atoms with E-state index in [4.69, 9.17) is 28.5 Å². The predicted molar refractivity (Wildman–Crippen MR) is 70.5 cm³/mol. The van der Waals surface area contributed by atoms with Gasteiger partial charge in [-0.1, -0.05) is 23.2 Å². The number of rotatable bonds is 2. The molecular weight excluding hydrogens is 271 g/mol. The number of ketones is 1. The van der Waals surface area contributed by atoms with E-state index in [1.807, 2.05) is 6.07 Å². The molecule has 0 N–H and O–H groups in total. The highest BCUT2D eigenvalue weighted by atomic mass is 35.5. The summed E-state index contributed by atoms with van der Waals surface area (Å²) >= 11 is 11.9. The maximum atomic E-state index is 11.5. The molecule has 0 amide bonds. The van der Waals surface area contributed by atoms with Crippen LogP contribution in [0.3, 0.4) is 0 Å². The van der Waals surface area contributed by atoms with Crippen LogP contribution < -0.4 is 0 Å². The number of hydrogen-bond donors (Lipinski definition) is 0. The molecule has 0 unspecified atom stereocenters. The minimum atomic E-state index is -0.137. The molecule has 1 aromatic carbocycles. The van der Waals surface area contributed by atoms with Crippen molar-refractivity contribution >= 4 is 29.0 Å². The molecule has 3 nitrogen and oxygen atoms in total. The highest BCUT2D eigenvalue weighted by molar-refractivity contribution is 6.35. The number of carbonyl (C=O) groups excluding carboxylic acids is 1. The molecule has 0 radical (unpaired) electrons. The molecule has 0 fully saturated rings. The van der Waals surface area contributed by atoms with Crippen LogP contribution >= 0.6 is 23.2 Å². The second-order valence-electron chi connectivity index (χ2n) is 3.75. The third-order valence-electron chi connectivity index (χ3n) is 2.48. The first-order valence-corrected chi connectivity index (χ1v) is 5.87. The summed E-state index contributed by atoms with van der Waals surface area (Å²) in [4.78, 5) is 11.5. The summed E-state index contributed by atoms with van der Waals surface area (Å²) in [6, 6.07) is 8.51. The maximum Gasteiger partial charge on any atom is 0.176 e. The molecule has 2 aromatic rings. The molecule has 0 aliphatic heterocycles. The second-order valence-corrected chi connectivity index (χ2v) is 4.59. The number of hydrogen-bond acceptors (Lipinski definition) is 2. The summed E-state index contributed by atoms with van der Waals surface area (Å²) in [7, 11) is 0. The lowest BCUT2D eigenvalue weighted by atomic mass is 10.2. The van der Waals surface area contributed by atoms with Crippen molar-refractivity contribution in [3.8, 4) is 11.8 Å². The van der Waals surface area contributed by atoms with Gasteiger partial charge in [-0.15, -0.1) is 0 Å². The third-order valence-corrected chi connectivity index (χ3v) is 3.02. The first-order valence-electron chi connectivity index (χ1n) is 5.12. The zero-order chi connectivity index (χ0) is 13.3. The molecule has 1 heterocycles. The zero-order valence-electron chi connectivity index (χ0n) is 9.45. The van der Waals surface area contributed by atoms with E-state index in [1.165, 1.54) is 13.0 Å². The number of carbonyl (C=O) groups is 1. The van der Waals surface area contributed by atoms with Crippen molar-refractivity contribution in [1.29, 1.82) is 5.26 Å². The van der Waals surface area contributed by atoms with Crippen LogP contribution in [0.2, 0.25) is 10.0 Å². The smallest absolute Gasteiger partial charge is 0.176 e. The SMILES string of the molecule is CC(=O)c1cc(C#N)cn1-c1ccc(Cl)cc1Cl. The number of nitriles is 1. The van der Waals surface area contributed by atoms with Gasteiger partial charge >= 0.3 is 0 Å². The van der Waals surface area contributed by atoms with E-state index < -0.39 is 0 Å². The lowest BCUT2D eigenvalue weighted by molar-refractivity contribution is 0.101. The minimum Gasteiger partial charge on any atom is -0.311 e. The summed E-state index contributed by atoms with van der Waals surface area (Å²) in [5, 5.41) is 9.82. The average Bonchev–Trinajstić information content (AvgIpc) is 2.73.